The van der Waals surface area contributed by atoms with Gasteiger partial charge in [-0.05, 0) is 57.5 Å². The highest BCUT2D eigenvalue weighted by atomic mass is 32.2. The number of benzene rings is 1. The van der Waals surface area contributed by atoms with Gasteiger partial charge in [-0.3, -0.25) is 14.9 Å². The number of carbonyl (C=O) groups excluding carboxylic acids is 3. The molecular formula is C22H26F3N3O5S. The van der Waals surface area contributed by atoms with E-state index in [4.69, 9.17) is 9.47 Å². The Hall–Kier alpha value is -2.89. The van der Waals surface area contributed by atoms with Crippen LogP contribution in [0.1, 0.15) is 39.2 Å². The van der Waals surface area contributed by atoms with Gasteiger partial charge in [0.05, 0.1) is 10.6 Å². The largest absolute Gasteiger partial charge is 0.482 e. The molecule has 12 heteroatoms. The summed E-state index contributed by atoms with van der Waals surface area (Å²) in [7, 11) is 0. The van der Waals surface area contributed by atoms with E-state index in [1.54, 1.807) is 26.8 Å². The van der Waals surface area contributed by atoms with Gasteiger partial charge in [0, 0.05) is 24.7 Å². The third-order valence-corrected chi connectivity index (χ3v) is 5.62. The number of anilines is 1. The summed E-state index contributed by atoms with van der Waals surface area (Å²) in [6.07, 6.45) is -2.36. The van der Waals surface area contributed by atoms with Crippen LogP contribution < -0.4 is 20.3 Å². The van der Waals surface area contributed by atoms with E-state index in [9.17, 15) is 27.6 Å². The predicted octanol–water partition coefficient (Wildman–Crippen LogP) is 4.45. The number of carbonyl (C=O) groups is 3. The Balaban J connectivity index is 1.90. The number of rotatable bonds is 5. The van der Waals surface area contributed by atoms with Crippen molar-refractivity contribution in [1.29, 1.82) is 0 Å². The van der Waals surface area contributed by atoms with Crippen LogP contribution in [0.4, 0.5) is 28.4 Å². The summed E-state index contributed by atoms with van der Waals surface area (Å²) < 4.78 is 49.0. The molecule has 0 aliphatic carbocycles. The number of imide groups is 1. The third kappa shape index (κ3) is 7.31. The number of hydrogen-bond donors (Lipinski definition) is 2. The number of halogens is 3. The van der Waals surface area contributed by atoms with Crippen LogP contribution in [-0.4, -0.2) is 54.8 Å². The molecule has 1 aromatic carbocycles. The minimum atomic E-state index is -4.54. The highest BCUT2D eigenvalue weighted by Crippen LogP contribution is 2.38. The first-order chi connectivity index (χ1) is 15.8. The van der Waals surface area contributed by atoms with Crippen molar-refractivity contribution in [1.82, 2.24) is 10.6 Å². The second-order valence-corrected chi connectivity index (χ2v) is 9.90. The van der Waals surface area contributed by atoms with Crippen LogP contribution in [0, 0.1) is 0 Å². The van der Waals surface area contributed by atoms with Crippen molar-refractivity contribution in [2.45, 2.75) is 51.4 Å². The van der Waals surface area contributed by atoms with Crippen LogP contribution in [-0.2, 0) is 9.53 Å². The molecule has 0 saturated carbocycles. The Morgan fingerprint density at radius 3 is 2.65 bits per heavy atom. The van der Waals surface area contributed by atoms with E-state index in [1.165, 1.54) is 18.2 Å². The van der Waals surface area contributed by atoms with Gasteiger partial charge in [0.25, 0.3) is 11.1 Å². The molecule has 1 atom stereocenters. The van der Waals surface area contributed by atoms with Crippen molar-refractivity contribution in [2.24, 2.45) is 0 Å². The van der Waals surface area contributed by atoms with E-state index < -0.39 is 35.6 Å². The van der Waals surface area contributed by atoms with Crippen molar-refractivity contribution in [3.8, 4) is 5.75 Å². The third-order valence-electron chi connectivity index (χ3n) is 4.81. The molecule has 2 N–H and O–H groups in total. The second kappa shape index (κ2) is 10.2. The lowest BCUT2D eigenvalue weighted by molar-refractivity contribution is -0.153. The summed E-state index contributed by atoms with van der Waals surface area (Å²) in [5.41, 5.74) is 0.0971. The van der Waals surface area contributed by atoms with E-state index in [-0.39, 0.29) is 16.7 Å². The molecule has 2 aliphatic heterocycles. The SMILES string of the molecule is CC(C)(C)OC(=O)NC1CCCN(c2c(C=C3SC(=O)NC3=O)cccc2OCC(F)(F)F)C1. The number of hydrogen-bond acceptors (Lipinski definition) is 7. The number of para-hydroxylation sites is 1. The summed E-state index contributed by atoms with van der Waals surface area (Å²) in [5.74, 6) is -0.593. The first kappa shape index (κ1) is 25.7. The topological polar surface area (TPSA) is 97.0 Å². The summed E-state index contributed by atoms with van der Waals surface area (Å²) in [6.45, 7) is 4.54. The number of nitrogens with one attached hydrogen (secondary N) is 2. The van der Waals surface area contributed by atoms with Crippen molar-refractivity contribution in [2.75, 3.05) is 24.6 Å². The molecule has 0 spiro atoms. The predicted molar refractivity (Wildman–Crippen MR) is 122 cm³/mol. The minimum Gasteiger partial charge on any atom is -0.482 e. The summed E-state index contributed by atoms with van der Waals surface area (Å²) >= 11 is 0.710. The van der Waals surface area contributed by atoms with Gasteiger partial charge in [0.2, 0.25) is 0 Å². The number of alkyl halides is 3. The van der Waals surface area contributed by atoms with Crippen LogP contribution in [0.15, 0.2) is 23.1 Å². The normalized spacial score (nSPS) is 20.4. The first-order valence-corrected chi connectivity index (χ1v) is 11.4. The van der Waals surface area contributed by atoms with Crippen molar-refractivity contribution in [3.05, 3.63) is 28.7 Å². The molecule has 0 bridgehead atoms. The molecular weight excluding hydrogens is 475 g/mol. The van der Waals surface area contributed by atoms with Gasteiger partial charge in [-0.25, -0.2) is 4.79 Å². The molecule has 186 valence electrons. The van der Waals surface area contributed by atoms with Crippen molar-refractivity contribution in [3.63, 3.8) is 0 Å². The quantitative estimate of drug-likeness (QED) is 0.576. The molecule has 0 aromatic heterocycles. The fraction of sp³-hybridized carbons (Fsp3) is 0.500. The molecule has 34 heavy (non-hydrogen) atoms. The fourth-order valence-electron chi connectivity index (χ4n) is 3.60. The van der Waals surface area contributed by atoms with Gasteiger partial charge in [0.1, 0.15) is 11.4 Å². The van der Waals surface area contributed by atoms with Crippen LogP contribution in [0.3, 0.4) is 0 Å². The zero-order valence-corrected chi connectivity index (χ0v) is 19.8. The molecule has 3 rings (SSSR count). The standard InChI is InChI=1S/C22H26F3N3O5S/c1-21(2,3)33-19(30)26-14-7-5-9-28(11-14)17-13(10-16-18(29)27-20(31)34-16)6-4-8-15(17)32-12-22(23,24)25/h4,6,8,10,14H,5,7,9,11-12H2,1-3H3,(H,26,30)(H,27,29,31). The summed E-state index contributed by atoms with van der Waals surface area (Å²) in [6, 6.07) is 4.25. The lowest BCUT2D eigenvalue weighted by Gasteiger charge is -2.36. The molecule has 2 fully saturated rings. The van der Waals surface area contributed by atoms with E-state index >= 15 is 0 Å². The molecule has 1 unspecified atom stereocenters. The van der Waals surface area contributed by atoms with Gasteiger partial charge >= 0.3 is 12.3 Å². The molecule has 1 aromatic rings. The first-order valence-electron chi connectivity index (χ1n) is 10.6. The zero-order valence-electron chi connectivity index (χ0n) is 19.0. The van der Waals surface area contributed by atoms with Gasteiger partial charge < -0.3 is 19.7 Å². The Kier molecular flexibility index (Phi) is 7.69. The molecule has 2 heterocycles. The fourth-order valence-corrected chi connectivity index (χ4v) is 4.28. The molecule has 0 radical (unpaired) electrons. The average molecular weight is 502 g/mol. The second-order valence-electron chi connectivity index (χ2n) is 8.88. The number of amides is 3. The molecule has 2 saturated heterocycles. The maximum atomic E-state index is 12.9. The van der Waals surface area contributed by atoms with E-state index in [2.05, 4.69) is 10.6 Å². The lowest BCUT2D eigenvalue weighted by atomic mass is 10.0. The Morgan fingerprint density at radius 1 is 1.29 bits per heavy atom. The van der Waals surface area contributed by atoms with E-state index in [0.29, 0.717) is 48.9 Å². The zero-order chi connectivity index (χ0) is 25.1. The highest BCUT2D eigenvalue weighted by molar-refractivity contribution is 8.18. The molecule has 8 nitrogen and oxygen atoms in total. The molecule has 3 amide bonds. The Bertz CT molecular complexity index is 991. The lowest BCUT2D eigenvalue weighted by Crippen LogP contribution is -2.49. The van der Waals surface area contributed by atoms with Crippen LogP contribution in [0.2, 0.25) is 0 Å². The van der Waals surface area contributed by atoms with Crippen molar-refractivity contribution < 1.29 is 37.0 Å². The smallest absolute Gasteiger partial charge is 0.422 e. The highest BCUT2D eigenvalue weighted by Gasteiger charge is 2.32. The maximum absolute atomic E-state index is 12.9. The molecule has 2 aliphatic rings. The minimum absolute atomic E-state index is 0.0145. The van der Waals surface area contributed by atoms with Gasteiger partial charge in [-0.2, -0.15) is 13.2 Å². The maximum Gasteiger partial charge on any atom is 0.422 e. The number of alkyl carbamates (subject to hydrolysis) is 1. The van der Waals surface area contributed by atoms with E-state index in [0.717, 1.165) is 0 Å². The number of ether oxygens (including phenoxy) is 2. The Labute approximate surface area is 199 Å². The number of thioether (sulfide) groups is 1. The number of nitrogens with zero attached hydrogens (tertiary/aromatic N) is 1. The van der Waals surface area contributed by atoms with Gasteiger partial charge in [0.15, 0.2) is 6.61 Å². The summed E-state index contributed by atoms with van der Waals surface area (Å²) in [5, 5.41) is 4.43. The Morgan fingerprint density at radius 2 is 2.03 bits per heavy atom. The van der Waals surface area contributed by atoms with E-state index in [1.807, 2.05) is 4.90 Å². The van der Waals surface area contributed by atoms with Gasteiger partial charge in [-0.15, -0.1) is 0 Å². The van der Waals surface area contributed by atoms with Crippen LogP contribution in [0.5, 0.6) is 5.75 Å². The average Bonchev–Trinajstić information content (AvgIpc) is 3.01. The van der Waals surface area contributed by atoms with Crippen molar-refractivity contribution >= 4 is 40.8 Å². The van der Waals surface area contributed by atoms with Crippen LogP contribution in [0.25, 0.3) is 6.08 Å². The summed E-state index contributed by atoms with van der Waals surface area (Å²) in [4.78, 5) is 37.7. The van der Waals surface area contributed by atoms with Gasteiger partial charge in [-0.1, -0.05) is 12.1 Å². The number of piperidine rings is 1. The monoisotopic (exact) mass is 501 g/mol. The van der Waals surface area contributed by atoms with Crippen LogP contribution >= 0.6 is 11.8 Å².